The molecule has 0 radical (unpaired) electrons. The second-order valence-electron chi connectivity index (χ2n) is 8.81. The number of ether oxygens (including phenoxy) is 2. The van der Waals surface area contributed by atoms with Crippen LogP contribution < -0.4 is 14.8 Å². The van der Waals surface area contributed by atoms with Crippen molar-refractivity contribution in [1.29, 1.82) is 0 Å². The number of anilines is 1. The number of carbonyl (C=O) groups excluding carboxylic acids is 3. The standard InChI is InChI=1S/C29H26Cl2N2O5S/c1-4-37-25-13-19(8-10-24(25)38-16-20-7-9-21(30)22(31)12-20)14-26-28(35)33(29(36)39-26)15-27(34)32-23-11-17(2)5-6-18(23)3/h5-14H,4,15-16H2,1-3H3,(H,32,34)/b26-14+. The highest BCUT2D eigenvalue weighted by Crippen LogP contribution is 2.35. The number of imide groups is 1. The molecule has 1 fully saturated rings. The number of amides is 3. The van der Waals surface area contributed by atoms with E-state index in [0.717, 1.165) is 33.4 Å². The predicted octanol–water partition coefficient (Wildman–Crippen LogP) is 7.26. The number of nitrogens with one attached hydrogen (secondary N) is 1. The van der Waals surface area contributed by atoms with Gasteiger partial charge in [-0.2, -0.15) is 0 Å². The molecule has 0 atom stereocenters. The number of rotatable bonds is 9. The molecule has 3 aromatic rings. The minimum absolute atomic E-state index is 0.214. The van der Waals surface area contributed by atoms with Crippen LogP contribution in [-0.4, -0.2) is 35.1 Å². The lowest BCUT2D eigenvalue weighted by molar-refractivity contribution is -0.127. The van der Waals surface area contributed by atoms with Gasteiger partial charge >= 0.3 is 0 Å². The number of hydrogen-bond acceptors (Lipinski definition) is 6. The number of thioether (sulfide) groups is 1. The number of carbonyl (C=O) groups is 3. The molecule has 1 N–H and O–H groups in total. The smallest absolute Gasteiger partial charge is 0.294 e. The maximum Gasteiger partial charge on any atom is 0.294 e. The van der Waals surface area contributed by atoms with Crippen molar-refractivity contribution in [3.8, 4) is 11.5 Å². The molecule has 0 bridgehead atoms. The Kier molecular flexibility index (Phi) is 9.22. The third-order valence-corrected chi connectivity index (χ3v) is 7.43. The summed E-state index contributed by atoms with van der Waals surface area (Å²) in [4.78, 5) is 39.3. The molecular weight excluding hydrogens is 559 g/mol. The highest BCUT2D eigenvalue weighted by molar-refractivity contribution is 8.18. The average molecular weight is 586 g/mol. The van der Waals surface area contributed by atoms with Gasteiger partial charge in [0.1, 0.15) is 13.2 Å². The zero-order valence-corrected chi connectivity index (χ0v) is 23.9. The van der Waals surface area contributed by atoms with E-state index < -0.39 is 17.1 Å². The maximum atomic E-state index is 13.0. The van der Waals surface area contributed by atoms with Crippen LogP contribution in [0.2, 0.25) is 10.0 Å². The van der Waals surface area contributed by atoms with Gasteiger partial charge in [-0.3, -0.25) is 19.3 Å². The van der Waals surface area contributed by atoms with Gasteiger partial charge in [-0.1, -0.05) is 47.5 Å². The fraction of sp³-hybridized carbons (Fsp3) is 0.207. The van der Waals surface area contributed by atoms with Gasteiger partial charge in [0.25, 0.3) is 11.1 Å². The largest absolute Gasteiger partial charge is 0.490 e. The average Bonchev–Trinajstić information content (AvgIpc) is 3.15. The van der Waals surface area contributed by atoms with E-state index in [2.05, 4.69) is 5.32 Å². The summed E-state index contributed by atoms with van der Waals surface area (Å²) in [5, 5.41) is 3.18. The SMILES string of the molecule is CCOc1cc(/C=C2/SC(=O)N(CC(=O)Nc3cc(C)ccc3C)C2=O)ccc1OCc1ccc(Cl)c(Cl)c1. The quantitative estimate of drug-likeness (QED) is 0.266. The van der Waals surface area contributed by atoms with Crippen LogP contribution in [0, 0.1) is 13.8 Å². The summed E-state index contributed by atoms with van der Waals surface area (Å²) < 4.78 is 11.7. The molecule has 10 heteroatoms. The number of benzene rings is 3. The van der Waals surface area contributed by atoms with E-state index in [4.69, 9.17) is 32.7 Å². The molecule has 0 spiro atoms. The van der Waals surface area contributed by atoms with Crippen LogP contribution in [-0.2, 0) is 16.2 Å². The van der Waals surface area contributed by atoms with Gasteiger partial charge in [0.2, 0.25) is 5.91 Å². The van der Waals surface area contributed by atoms with Crippen molar-refractivity contribution in [1.82, 2.24) is 4.90 Å². The monoisotopic (exact) mass is 584 g/mol. The summed E-state index contributed by atoms with van der Waals surface area (Å²) in [6.07, 6.45) is 1.60. The zero-order valence-electron chi connectivity index (χ0n) is 21.5. The van der Waals surface area contributed by atoms with Crippen LogP contribution in [0.4, 0.5) is 10.5 Å². The fourth-order valence-corrected chi connectivity index (χ4v) is 4.94. The van der Waals surface area contributed by atoms with Crippen LogP contribution >= 0.6 is 35.0 Å². The van der Waals surface area contributed by atoms with Crippen molar-refractivity contribution >= 4 is 63.8 Å². The van der Waals surface area contributed by atoms with Gasteiger partial charge in [-0.25, -0.2) is 0 Å². The van der Waals surface area contributed by atoms with Crippen molar-refractivity contribution in [2.24, 2.45) is 0 Å². The molecule has 3 amide bonds. The highest BCUT2D eigenvalue weighted by Gasteiger charge is 2.36. The predicted molar refractivity (Wildman–Crippen MR) is 156 cm³/mol. The lowest BCUT2D eigenvalue weighted by atomic mass is 10.1. The van der Waals surface area contributed by atoms with E-state index in [9.17, 15) is 14.4 Å². The number of halogens is 2. The Labute approximate surface area is 241 Å². The molecule has 1 aliphatic rings. The van der Waals surface area contributed by atoms with Gasteiger partial charge in [-0.05, 0) is 91.2 Å². The third-order valence-electron chi connectivity index (χ3n) is 5.79. The zero-order chi connectivity index (χ0) is 28.1. The number of aryl methyl sites for hydroxylation is 2. The van der Waals surface area contributed by atoms with Crippen LogP contribution in [0.25, 0.3) is 6.08 Å². The first-order valence-electron chi connectivity index (χ1n) is 12.1. The van der Waals surface area contributed by atoms with Crippen LogP contribution in [0.1, 0.15) is 29.2 Å². The van der Waals surface area contributed by atoms with E-state index >= 15 is 0 Å². The Balaban J connectivity index is 1.45. The number of hydrogen-bond donors (Lipinski definition) is 1. The topological polar surface area (TPSA) is 84.9 Å². The first-order valence-corrected chi connectivity index (χ1v) is 13.7. The minimum atomic E-state index is -0.529. The molecule has 1 aliphatic heterocycles. The summed E-state index contributed by atoms with van der Waals surface area (Å²) in [7, 11) is 0. The normalized spacial score (nSPS) is 14.2. The molecule has 0 unspecified atom stereocenters. The third kappa shape index (κ3) is 7.15. The molecule has 1 saturated heterocycles. The van der Waals surface area contributed by atoms with E-state index in [1.807, 2.05) is 45.0 Å². The first-order chi connectivity index (χ1) is 18.6. The molecule has 202 valence electrons. The van der Waals surface area contributed by atoms with Gasteiger partial charge in [0, 0.05) is 5.69 Å². The van der Waals surface area contributed by atoms with Crippen LogP contribution in [0.15, 0.2) is 59.5 Å². The van der Waals surface area contributed by atoms with Crippen molar-refractivity contribution in [2.75, 3.05) is 18.5 Å². The van der Waals surface area contributed by atoms with Gasteiger partial charge in [-0.15, -0.1) is 0 Å². The summed E-state index contributed by atoms with van der Waals surface area (Å²) in [5.41, 5.74) is 4.00. The second-order valence-corrected chi connectivity index (χ2v) is 10.6. The van der Waals surface area contributed by atoms with E-state index in [1.54, 1.807) is 36.4 Å². The second kappa shape index (κ2) is 12.6. The van der Waals surface area contributed by atoms with E-state index in [1.165, 1.54) is 0 Å². The molecule has 0 aliphatic carbocycles. The Morgan fingerprint density at radius 3 is 2.51 bits per heavy atom. The summed E-state index contributed by atoms with van der Waals surface area (Å²) in [6.45, 7) is 5.92. The number of nitrogens with zero attached hydrogens (tertiary/aromatic N) is 1. The summed E-state index contributed by atoms with van der Waals surface area (Å²) in [5.74, 6) is 0.0168. The van der Waals surface area contributed by atoms with Crippen molar-refractivity contribution in [2.45, 2.75) is 27.4 Å². The molecular formula is C29H26Cl2N2O5S. The highest BCUT2D eigenvalue weighted by atomic mass is 35.5. The molecule has 4 rings (SSSR count). The van der Waals surface area contributed by atoms with E-state index in [-0.39, 0.29) is 18.1 Å². The summed E-state index contributed by atoms with van der Waals surface area (Å²) >= 11 is 12.9. The molecule has 39 heavy (non-hydrogen) atoms. The van der Waals surface area contributed by atoms with Crippen molar-refractivity contribution in [3.63, 3.8) is 0 Å². The fourth-order valence-electron chi connectivity index (χ4n) is 3.78. The van der Waals surface area contributed by atoms with Gasteiger partial charge in [0.15, 0.2) is 11.5 Å². The molecule has 0 saturated carbocycles. The minimum Gasteiger partial charge on any atom is -0.490 e. The Morgan fingerprint density at radius 1 is 0.974 bits per heavy atom. The molecule has 1 heterocycles. The van der Waals surface area contributed by atoms with Crippen molar-refractivity contribution < 1.29 is 23.9 Å². The van der Waals surface area contributed by atoms with E-state index in [0.29, 0.717) is 39.4 Å². The van der Waals surface area contributed by atoms with Crippen molar-refractivity contribution in [3.05, 3.63) is 91.8 Å². The lowest BCUT2D eigenvalue weighted by Crippen LogP contribution is -2.36. The molecule has 7 nitrogen and oxygen atoms in total. The Hall–Kier alpha value is -3.46. The van der Waals surface area contributed by atoms with Gasteiger partial charge in [0.05, 0.1) is 21.6 Å². The van der Waals surface area contributed by atoms with Crippen LogP contribution in [0.5, 0.6) is 11.5 Å². The Morgan fingerprint density at radius 2 is 1.77 bits per heavy atom. The Bertz CT molecular complexity index is 1470. The summed E-state index contributed by atoms with van der Waals surface area (Å²) in [6, 6.07) is 16.2. The van der Waals surface area contributed by atoms with Crippen LogP contribution in [0.3, 0.4) is 0 Å². The molecule has 3 aromatic carbocycles. The first kappa shape index (κ1) is 28.5. The van der Waals surface area contributed by atoms with Gasteiger partial charge < -0.3 is 14.8 Å². The lowest BCUT2D eigenvalue weighted by Gasteiger charge is -2.14. The molecule has 0 aromatic heterocycles. The maximum absolute atomic E-state index is 13.0.